The van der Waals surface area contributed by atoms with Crippen LogP contribution < -0.4 is 0 Å². The second-order valence-corrected chi connectivity index (χ2v) is 15.6. The summed E-state index contributed by atoms with van der Waals surface area (Å²) in [4.78, 5) is 37.0. The van der Waals surface area contributed by atoms with Crippen LogP contribution in [0.4, 0.5) is 0 Å². The number of carbonyl (C=O) groups excluding carboxylic acids is 2. The molecule has 0 aliphatic heterocycles. The number of aliphatic carboxylic acids is 1. The number of carbonyl (C=O) groups is 3. The first kappa shape index (κ1) is 52.2. The van der Waals surface area contributed by atoms with Gasteiger partial charge in [-0.1, -0.05) is 152 Å². The molecule has 0 aromatic carbocycles. The SMILES string of the molecule is CC/C=C\C/C=C\C/C=C\C/C=C\CCCCCCC(=O)OC(COC(=O)CCCCCCCCCCCCCCC)COC(OCC[N+](C)(C)C)C(=O)O. The van der Waals surface area contributed by atoms with Gasteiger partial charge < -0.3 is 28.5 Å². The van der Waals surface area contributed by atoms with Crippen molar-refractivity contribution in [3.8, 4) is 0 Å². The highest BCUT2D eigenvalue weighted by atomic mass is 16.7. The summed E-state index contributed by atoms with van der Waals surface area (Å²) < 4.78 is 22.7. The van der Waals surface area contributed by atoms with Crippen LogP contribution in [-0.2, 0) is 33.3 Å². The summed E-state index contributed by atoms with van der Waals surface area (Å²) in [5.41, 5.74) is 0. The lowest BCUT2D eigenvalue weighted by Gasteiger charge is -2.25. The van der Waals surface area contributed by atoms with E-state index in [4.69, 9.17) is 18.9 Å². The minimum Gasteiger partial charge on any atom is -0.477 e. The van der Waals surface area contributed by atoms with E-state index in [0.717, 1.165) is 70.6 Å². The molecule has 9 heteroatoms. The fourth-order valence-electron chi connectivity index (χ4n) is 5.71. The first-order valence-electron chi connectivity index (χ1n) is 21.8. The van der Waals surface area contributed by atoms with E-state index < -0.39 is 24.3 Å². The van der Waals surface area contributed by atoms with Crippen LogP contribution in [0.25, 0.3) is 0 Å². The number of hydrogen-bond donors (Lipinski definition) is 1. The molecule has 1 N–H and O–H groups in total. The third-order valence-electron chi connectivity index (χ3n) is 9.10. The molecule has 2 atom stereocenters. The van der Waals surface area contributed by atoms with E-state index in [1.165, 1.54) is 64.2 Å². The summed E-state index contributed by atoms with van der Waals surface area (Å²) in [5.74, 6) is -2.04. The molecule has 0 aliphatic carbocycles. The van der Waals surface area contributed by atoms with Crippen molar-refractivity contribution in [1.82, 2.24) is 0 Å². The molecule has 9 nitrogen and oxygen atoms in total. The van der Waals surface area contributed by atoms with Gasteiger partial charge in [0.05, 0.1) is 34.4 Å². The summed E-state index contributed by atoms with van der Waals surface area (Å²) in [6.07, 6.45) is 40.2. The van der Waals surface area contributed by atoms with Crippen molar-refractivity contribution in [3.05, 3.63) is 48.6 Å². The Balaban J connectivity index is 4.51. The molecule has 0 saturated carbocycles. The largest absolute Gasteiger partial charge is 0.477 e. The molecule has 0 aliphatic rings. The molecule has 0 bridgehead atoms. The molecule has 0 rings (SSSR count). The fraction of sp³-hybridized carbons (Fsp3) is 0.761. The van der Waals surface area contributed by atoms with Gasteiger partial charge in [-0.3, -0.25) is 9.59 Å². The summed E-state index contributed by atoms with van der Waals surface area (Å²) >= 11 is 0. The molecule has 0 radical (unpaired) electrons. The van der Waals surface area contributed by atoms with Crippen LogP contribution in [0.3, 0.4) is 0 Å². The highest BCUT2D eigenvalue weighted by molar-refractivity contribution is 5.71. The number of carboxylic acids is 1. The highest BCUT2D eigenvalue weighted by Crippen LogP contribution is 2.14. The second-order valence-electron chi connectivity index (χ2n) is 15.6. The van der Waals surface area contributed by atoms with Gasteiger partial charge in [-0.25, -0.2) is 4.79 Å². The van der Waals surface area contributed by atoms with Crippen molar-refractivity contribution < 1.29 is 42.9 Å². The van der Waals surface area contributed by atoms with Crippen molar-refractivity contribution >= 4 is 17.9 Å². The van der Waals surface area contributed by atoms with Crippen LogP contribution in [0, 0.1) is 0 Å². The van der Waals surface area contributed by atoms with E-state index in [1.54, 1.807) is 0 Å². The lowest BCUT2D eigenvalue weighted by Crippen LogP contribution is -2.40. The van der Waals surface area contributed by atoms with Crippen LogP contribution in [-0.4, -0.2) is 87.4 Å². The van der Waals surface area contributed by atoms with E-state index in [-0.39, 0.29) is 32.2 Å². The topological polar surface area (TPSA) is 108 Å². The maximum Gasteiger partial charge on any atom is 0.361 e. The van der Waals surface area contributed by atoms with Crippen molar-refractivity contribution in [2.75, 3.05) is 47.5 Å². The van der Waals surface area contributed by atoms with E-state index in [0.29, 0.717) is 23.9 Å². The van der Waals surface area contributed by atoms with Crippen LogP contribution in [0.2, 0.25) is 0 Å². The molecule has 0 fully saturated rings. The van der Waals surface area contributed by atoms with E-state index in [1.807, 2.05) is 21.1 Å². The summed E-state index contributed by atoms with van der Waals surface area (Å²) in [6.45, 7) is 4.71. The Hall–Kier alpha value is -2.75. The average Bonchev–Trinajstić information content (AvgIpc) is 3.14. The lowest BCUT2D eigenvalue weighted by atomic mass is 10.0. The van der Waals surface area contributed by atoms with Crippen LogP contribution in [0.5, 0.6) is 0 Å². The van der Waals surface area contributed by atoms with E-state index in [9.17, 15) is 19.5 Å². The van der Waals surface area contributed by atoms with Crippen molar-refractivity contribution in [2.24, 2.45) is 0 Å². The Morgan fingerprint density at radius 3 is 1.55 bits per heavy atom. The third kappa shape index (κ3) is 39.3. The predicted molar refractivity (Wildman–Crippen MR) is 226 cm³/mol. The third-order valence-corrected chi connectivity index (χ3v) is 9.10. The number of rotatable bonds is 39. The number of ether oxygens (including phenoxy) is 4. The van der Waals surface area contributed by atoms with Crippen LogP contribution in [0.1, 0.15) is 168 Å². The zero-order chi connectivity index (χ0) is 40.7. The number of unbranched alkanes of at least 4 members (excludes halogenated alkanes) is 16. The van der Waals surface area contributed by atoms with Crippen molar-refractivity contribution in [3.63, 3.8) is 0 Å². The minimum atomic E-state index is -1.51. The molecule has 55 heavy (non-hydrogen) atoms. The maximum absolute atomic E-state index is 12.7. The molecule has 0 heterocycles. The van der Waals surface area contributed by atoms with Gasteiger partial charge in [-0.05, 0) is 51.4 Å². The average molecular weight is 777 g/mol. The normalized spacial score (nSPS) is 13.4. The van der Waals surface area contributed by atoms with Gasteiger partial charge in [0.2, 0.25) is 0 Å². The number of quaternary nitrogens is 1. The van der Waals surface area contributed by atoms with E-state index >= 15 is 0 Å². The molecular formula is C46H82NO8+. The highest BCUT2D eigenvalue weighted by Gasteiger charge is 2.25. The molecule has 2 unspecified atom stereocenters. The number of nitrogens with zero attached hydrogens (tertiary/aromatic N) is 1. The number of carboxylic acid groups (broad SMARTS) is 1. The monoisotopic (exact) mass is 777 g/mol. The zero-order valence-corrected chi connectivity index (χ0v) is 35.8. The van der Waals surface area contributed by atoms with Crippen molar-refractivity contribution in [1.29, 1.82) is 0 Å². The molecule has 0 aromatic heterocycles. The lowest BCUT2D eigenvalue weighted by molar-refractivity contribution is -0.870. The van der Waals surface area contributed by atoms with Crippen molar-refractivity contribution in [2.45, 2.75) is 180 Å². The predicted octanol–water partition coefficient (Wildman–Crippen LogP) is 11.2. The Morgan fingerprint density at radius 2 is 1.04 bits per heavy atom. The van der Waals surface area contributed by atoms with Gasteiger partial charge >= 0.3 is 17.9 Å². The smallest absolute Gasteiger partial charge is 0.361 e. The fourth-order valence-corrected chi connectivity index (χ4v) is 5.71. The van der Waals surface area contributed by atoms with E-state index in [2.05, 4.69) is 62.5 Å². The van der Waals surface area contributed by atoms with Crippen LogP contribution >= 0.6 is 0 Å². The quantitative estimate of drug-likeness (QED) is 0.0216. The molecular weight excluding hydrogens is 695 g/mol. The van der Waals surface area contributed by atoms with Crippen LogP contribution in [0.15, 0.2) is 48.6 Å². The minimum absolute atomic E-state index is 0.182. The molecule has 318 valence electrons. The number of allylic oxidation sites excluding steroid dienone is 8. The summed E-state index contributed by atoms with van der Waals surface area (Å²) in [6, 6.07) is 0. The second kappa shape index (κ2) is 38.1. The molecule has 0 saturated heterocycles. The number of hydrogen-bond acceptors (Lipinski definition) is 7. The van der Waals surface area contributed by atoms with Gasteiger partial charge in [-0.2, -0.15) is 0 Å². The Morgan fingerprint density at radius 1 is 0.564 bits per heavy atom. The first-order valence-corrected chi connectivity index (χ1v) is 21.8. The Bertz CT molecular complexity index is 1050. The maximum atomic E-state index is 12.7. The first-order chi connectivity index (χ1) is 26.6. The summed E-state index contributed by atoms with van der Waals surface area (Å²) in [7, 11) is 5.94. The Labute approximate surface area is 336 Å². The number of likely N-dealkylation sites (N-methyl/N-ethyl adjacent to an activating group) is 1. The van der Waals surface area contributed by atoms with Gasteiger partial charge in [-0.15, -0.1) is 0 Å². The molecule has 0 amide bonds. The van der Waals surface area contributed by atoms with Gasteiger partial charge in [0.15, 0.2) is 6.10 Å². The standard InChI is InChI=1S/C46H81NO8/c1-6-8-10-12-14-16-18-20-21-22-23-25-27-29-31-33-35-37-44(49)55-42(41-54-46(45(50)51)52-39-38-47(3,4)5)40-53-43(48)36-34-32-30-28-26-24-19-17-15-13-11-9-7-2/h8,10,14,16,20-21,23,25,42,46H,6-7,9,11-13,15,17-19,22,24,26-41H2,1-5H3/p+1/b10-8-,16-14-,21-20-,25-23-. The molecule has 0 spiro atoms. The Kier molecular flexibility index (Phi) is 36.2. The number of esters is 2. The van der Waals surface area contributed by atoms with Gasteiger partial charge in [0.25, 0.3) is 6.29 Å². The van der Waals surface area contributed by atoms with Gasteiger partial charge in [0, 0.05) is 12.8 Å². The summed E-state index contributed by atoms with van der Waals surface area (Å²) in [5, 5.41) is 9.62. The van der Waals surface area contributed by atoms with Gasteiger partial charge in [0.1, 0.15) is 13.2 Å². The molecule has 0 aromatic rings. The zero-order valence-electron chi connectivity index (χ0n) is 35.8.